The zero-order chi connectivity index (χ0) is 24.7. The van der Waals surface area contributed by atoms with Crippen LogP contribution >= 0.6 is 0 Å². The maximum Gasteiger partial charge on any atom is 0.295 e. The molecular formula is C23H31F2N5O4. The normalized spacial score (nSPS) is 22.8. The summed E-state index contributed by atoms with van der Waals surface area (Å²) in [4.78, 5) is 51.3. The van der Waals surface area contributed by atoms with Crippen molar-refractivity contribution in [1.29, 1.82) is 0 Å². The van der Waals surface area contributed by atoms with E-state index in [1.165, 1.54) is 10.7 Å². The average Bonchev–Trinajstić information content (AvgIpc) is 3.39. The van der Waals surface area contributed by atoms with Gasteiger partial charge in [0.25, 0.3) is 11.8 Å². The number of anilines is 1. The van der Waals surface area contributed by atoms with Gasteiger partial charge < -0.3 is 16.0 Å². The van der Waals surface area contributed by atoms with Crippen LogP contribution in [0, 0.1) is 11.3 Å². The van der Waals surface area contributed by atoms with Gasteiger partial charge in [0.15, 0.2) is 5.82 Å². The molecular weight excluding hydrogens is 448 g/mol. The lowest BCUT2D eigenvalue weighted by molar-refractivity contribution is -0.167. The zero-order valence-electron chi connectivity index (χ0n) is 19.5. The maximum absolute atomic E-state index is 13.9. The van der Waals surface area contributed by atoms with E-state index in [0.717, 1.165) is 38.5 Å². The summed E-state index contributed by atoms with van der Waals surface area (Å²) in [5, 5.41) is 11.5. The topological polar surface area (TPSA) is 122 Å². The number of ketones is 1. The van der Waals surface area contributed by atoms with Gasteiger partial charge in [0.05, 0.1) is 0 Å². The standard InChI is InChI=1S/C23H31F2N5O4/c1-21(8-3-4-9-21)11-15(26-18(32)14-5-6-14)19(33)28-22(12-23(24,25)13-22)17(31)20(34)27-16-7-10-30(2)29-16/h7,10,14-15H,3-6,8-9,11-13H2,1-2H3,(H,26,32)(H,28,33)(H,27,29,34). The number of hydrogen-bond donors (Lipinski definition) is 3. The minimum Gasteiger partial charge on any atom is -0.344 e. The Morgan fingerprint density at radius 2 is 1.82 bits per heavy atom. The van der Waals surface area contributed by atoms with E-state index in [2.05, 4.69) is 21.0 Å². The zero-order valence-corrected chi connectivity index (χ0v) is 19.5. The number of rotatable bonds is 9. The van der Waals surface area contributed by atoms with Gasteiger partial charge in [-0.15, -0.1) is 0 Å². The third kappa shape index (κ3) is 5.28. The Labute approximate surface area is 196 Å². The molecule has 9 nitrogen and oxygen atoms in total. The van der Waals surface area contributed by atoms with Crippen LogP contribution in [-0.4, -0.2) is 50.8 Å². The smallest absolute Gasteiger partial charge is 0.295 e. The van der Waals surface area contributed by atoms with Gasteiger partial charge in [-0.1, -0.05) is 19.8 Å². The minimum absolute atomic E-state index is 0.0946. The second-order valence-corrected chi connectivity index (χ2v) is 10.5. The number of carbonyl (C=O) groups is 4. The molecule has 1 aromatic heterocycles. The first-order chi connectivity index (χ1) is 15.9. The largest absolute Gasteiger partial charge is 0.344 e. The van der Waals surface area contributed by atoms with Gasteiger partial charge in [-0.25, -0.2) is 8.78 Å². The van der Waals surface area contributed by atoms with Crippen molar-refractivity contribution in [2.75, 3.05) is 5.32 Å². The number of alkyl halides is 2. The monoisotopic (exact) mass is 479 g/mol. The van der Waals surface area contributed by atoms with Crippen molar-refractivity contribution in [3.05, 3.63) is 12.3 Å². The van der Waals surface area contributed by atoms with Crippen LogP contribution in [0.2, 0.25) is 0 Å². The first kappa shape index (κ1) is 24.3. The van der Waals surface area contributed by atoms with E-state index in [-0.39, 0.29) is 23.1 Å². The summed E-state index contributed by atoms with van der Waals surface area (Å²) in [6, 6.07) is 0.492. The molecule has 0 aliphatic heterocycles. The number of nitrogens with one attached hydrogen (secondary N) is 3. The van der Waals surface area contributed by atoms with Crippen LogP contribution in [0.5, 0.6) is 0 Å². The number of aromatic nitrogens is 2. The second-order valence-electron chi connectivity index (χ2n) is 10.5. The predicted octanol–water partition coefficient (Wildman–Crippen LogP) is 2.08. The predicted molar refractivity (Wildman–Crippen MR) is 118 cm³/mol. The molecule has 1 unspecified atom stereocenters. The molecule has 1 aromatic rings. The third-order valence-electron chi connectivity index (χ3n) is 7.17. The fourth-order valence-corrected chi connectivity index (χ4v) is 5.10. The lowest BCUT2D eigenvalue weighted by Gasteiger charge is -2.46. The van der Waals surface area contributed by atoms with Crippen molar-refractivity contribution in [3.63, 3.8) is 0 Å². The first-order valence-corrected chi connectivity index (χ1v) is 11.8. The molecule has 1 atom stereocenters. The maximum atomic E-state index is 13.9. The number of carbonyl (C=O) groups excluding carboxylic acids is 4. The van der Waals surface area contributed by atoms with Crippen LogP contribution in [0.25, 0.3) is 0 Å². The quantitative estimate of drug-likeness (QED) is 0.468. The van der Waals surface area contributed by atoms with Gasteiger partial charge in [-0.3, -0.25) is 23.9 Å². The first-order valence-electron chi connectivity index (χ1n) is 11.8. The second kappa shape index (κ2) is 8.74. The summed E-state index contributed by atoms with van der Waals surface area (Å²) in [7, 11) is 1.62. The Morgan fingerprint density at radius 1 is 1.18 bits per heavy atom. The van der Waals surface area contributed by atoms with Gasteiger partial charge in [0.1, 0.15) is 11.6 Å². The van der Waals surface area contributed by atoms with Crippen LogP contribution in [0.15, 0.2) is 12.3 Å². The minimum atomic E-state index is -3.18. The van der Waals surface area contributed by atoms with E-state index in [9.17, 15) is 28.0 Å². The van der Waals surface area contributed by atoms with Crippen molar-refractivity contribution in [1.82, 2.24) is 20.4 Å². The van der Waals surface area contributed by atoms with Gasteiger partial charge in [-0.2, -0.15) is 5.10 Å². The molecule has 0 aromatic carbocycles. The number of halogens is 2. The van der Waals surface area contributed by atoms with Gasteiger partial charge in [0.2, 0.25) is 17.6 Å². The Kier molecular flexibility index (Phi) is 6.24. The van der Waals surface area contributed by atoms with Crippen molar-refractivity contribution >= 4 is 29.3 Å². The molecule has 4 rings (SSSR count). The van der Waals surface area contributed by atoms with E-state index >= 15 is 0 Å². The van der Waals surface area contributed by atoms with Crippen LogP contribution < -0.4 is 16.0 Å². The number of Topliss-reactive ketones (excluding diaryl/α,β-unsaturated/α-hetero) is 1. The average molecular weight is 480 g/mol. The molecule has 3 fully saturated rings. The van der Waals surface area contributed by atoms with E-state index in [1.54, 1.807) is 13.2 Å². The molecule has 0 bridgehead atoms. The van der Waals surface area contributed by atoms with Crippen molar-refractivity contribution in [3.8, 4) is 0 Å². The molecule has 34 heavy (non-hydrogen) atoms. The Hall–Kier alpha value is -2.85. The molecule has 3 amide bonds. The van der Waals surface area contributed by atoms with E-state index in [4.69, 9.17) is 0 Å². The highest BCUT2D eigenvalue weighted by atomic mass is 19.3. The van der Waals surface area contributed by atoms with Crippen molar-refractivity contribution in [2.24, 2.45) is 18.4 Å². The molecule has 1 heterocycles. The fourth-order valence-electron chi connectivity index (χ4n) is 5.10. The van der Waals surface area contributed by atoms with Crippen molar-refractivity contribution in [2.45, 2.75) is 82.2 Å². The molecule has 3 N–H and O–H groups in total. The highest BCUT2D eigenvalue weighted by Gasteiger charge is 2.63. The number of amides is 3. The van der Waals surface area contributed by atoms with Gasteiger partial charge >= 0.3 is 0 Å². The summed E-state index contributed by atoms with van der Waals surface area (Å²) in [5.74, 6) is -6.46. The summed E-state index contributed by atoms with van der Waals surface area (Å²) in [6.45, 7) is 2.04. The molecule has 186 valence electrons. The molecule has 11 heteroatoms. The summed E-state index contributed by atoms with van der Waals surface area (Å²) in [5.41, 5.74) is -2.20. The molecule has 0 saturated heterocycles. The molecule has 3 aliphatic rings. The molecule has 0 spiro atoms. The lowest BCUT2D eigenvalue weighted by Crippen LogP contribution is -2.70. The Morgan fingerprint density at radius 3 is 2.35 bits per heavy atom. The van der Waals surface area contributed by atoms with Crippen LogP contribution in [0.4, 0.5) is 14.6 Å². The molecule has 3 saturated carbocycles. The van der Waals surface area contributed by atoms with Crippen LogP contribution in [0.1, 0.15) is 64.7 Å². The summed E-state index contributed by atoms with van der Waals surface area (Å²) in [6.07, 6.45) is 5.27. The summed E-state index contributed by atoms with van der Waals surface area (Å²) >= 11 is 0. The highest BCUT2D eigenvalue weighted by Crippen LogP contribution is 2.47. The lowest BCUT2D eigenvalue weighted by atomic mass is 9.69. The highest BCUT2D eigenvalue weighted by molar-refractivity contribution is 6.44. The Bertz CT molecular complexity index is 989. The van der Waals surface area contributed by atoms with E-state index < -0.39 is 47.9 Å². The number of nitrogens with zero attached hydrogens (tertiary/aromatic N) is 2. The van der Waals surface area contributed by atoms with Crippen LogP contribution in [0.3, 0.4) is 0 Å². The fraction of sp³-hybridized carbons (Fsp3) is 0.696. The molecule has 3 aliphatic carbocycles. The van der Waals surface area contributed by atoms with Crippen LogP contribution in [-0.2, 0) is 26.2 Å². The third-order valence-corrected chi connectivity index (χ3v) is 7.17. The SMILES string of the molecule is Cn1ccc(NC(=O)C(=O)C2(NC(=O)C(CC3(C)CCCC3)NC(=O)C3CC3)CC(F)(F)C2)n1. The Balaban J connectivity index is 1.50. The van der Waals surface area contributed by atoms with Gasteiger partial charge in [-0.05, 0) is 37.5 Å². The molecule has 0 radical (unpaired) electrons. The number of hydrogen-bond acceptors (Lipinski definition) is 5. The van der Waals surface area contributed by atoms with E-state index in [1.807, 2.05) is 6.92 Å². The summed E-state index contributed by atoms with van der Waals surface area (Å²) < 4.78 is 29.3. The number of aryl methyl sites for hydroxylation is 1. The van der Waals surface area contributed by atoms with Gasteiger partial charge in [0, 0.05) is 38.1 Å². The van der Waals surface area contributed by atoms with E-state index in [0.29, 0.717) is 6.42 Å². The van der Waals surface area contributed by atoms with Crippen molar-refractivity contribution < 1.29 is 28.0 Å².